The number of carboxylic acids is 1. The zero-order valence-corrected chi connectivity index (χ0v) is 11.3. The van der Waals surface area contributed by atoms with Gasteiger partial charge in [0, 0.05) is 11.1 Å². The highest BCUT2D eigenvalue weighted by Gasteiger charge is 2.19. The summed E-state index contributed by atoms with van der Waals surface area (Å²) < 4.78 is 19.2. The summed E-state index contributed by atoms with van der Waals surface area (Å²) in [6.07, 6.45) is 2.47. The average Bonchev–Trinajstić information content (AvgIpc) is 2.87. The monoisotopic (exact) mass is 281 g/mol. The van der Waals surface area contributed by atoms with E-state index in [1.165, 1.54) is 24.5 Å². The van der Waals surface area contributed by atoms with E-state index in [9.17, 15) is 9.18 Å². The normalized spacial score (nSPS) is 10.5. The molecule has 1 N–H and O–H groups in total. The minimum absolute atomic E-state index is 0.154. The lowest BCUT2D eigenvalue weighted by molar-refractivity contribution is 0.0691. The third-order valence-corrected chi connectivity index (χ3v) is 3.82. The molecule has 0 fully saturated rings. The van der Waals surface area contributed by atoms with Crippen LogP contribution in [0.2, 0.25) is 0 Å². The largest absolute Gasteiger partial charge is 0.497 e. The Morgan fingerprint density at radius 3 is 2.79 bits per heavy atom. The second kappa shape index (κ2) is 5.36. The maximum Gasteiger partial charge on any atom is 0.338 e. The van der Waals surface area contributed by atoms with Crippen molar-refractivity contribution in [2.24, 2.45) is 0 Å². The molecule has 0 radical (unpaired) electrons. The molecule has 0 saturated heterocycles. The number of aromatic nitrogens is 1. The van der Waals surface area contributed by atoms with Gasteiger partial charge in [-0.2, -0.15) is 0 Å². The minimum atomic E-state index is -1.33. The Bertz CT molecular complexity index is 624. The summed E-state index contributed by atoms with van der Waals surface area (Å²) >= 11 is 1.34. The lowest BCUT2D eigenvalue weighted by Crippen LogP contribution is -2.03. The zero-order chi connectivity index (χ0) is 14.0. The van der Waals surface area contributed by atoms with Gasteiger partial charge in [-0.15, -0.1) is 11.3 Å². The molecule has 0 bridgehead atoms. The first-order valence-electron chi connectivity index (χ1n) is 5.62. The fraction of sp³-hybridized carbons (Fsp3) is 0.231. The van der Waals surface area contributed by atoms with Crippen molar-refractivity contribution in [3.63, 3.8) is 0 Å². The van der Waals surface area contributed by atoms with E-state index in [0.29, 0.717) is 10.8 Å². The van der Waals surface area contributed by atoms with Crippen LogP contribution < -0.4 is 4.74 Å². The molecule has 2 rings (SSSR count). The molecule has 19 heavy (non-hydrogen) atoms. The Kier molecular flexibility index (Phi) is 3.80. The number of hydrogen-bond donors (Lipinski definition) is 1. The molecule has 1 aromatic carbocycles. The van der Waals surface area contributed by atoms with E-state index >= 15 is 0 Å². The van der Waals surface area contributed by atoms with Gasteiger partial charge in [-0.3, -0.25) is 0 Å². The Morgan fingerprint density at radius 2 is 2.26 bits per heavy atom. The van der Waals surface area contributed by atoms with Crippen molar-refractivity contribution in [3.8, 4) is 16.3 Å². The minimum Gasteiger partial charge on any atom is -0.497 e. The van der Waals surface area contributed by atoms with Crippen LogP contribution in [0, 0.1) is 5.82 Å². The quantitative estimate of drug-likeness (QED) is 0.934. The van der Waals surface area contributed by atoms with Crippen LogP contribution in [0.15, 0.2) is 18.3 Å². The van der Waals surface area contributed by atoms with Crippen LogP contribution in [0.25, 0.3) is 10.6 Å². The van der Waals surface area contributed by atoms with Crippen molar-refractivity contribution in [1.29, 1.82) is 0 Å². The summed E-state index contributed by atoms with van der Waals surface area (Å²) in [5.41, 5.74) is -0.260. The summed E-state index contributed by atoms with van der Waals surface area (Å²) in [5, 5.41) is 9.45. The molecule has 0 amide bonds. The first kappa shape index (κ1) is 13.5. The second-order valence-corrected chi connectivity index (χ2v) is 4.94. The van der Waals surface area contributed by atoms with Crippen molar-refractivity contribution in [1.82, 2.24) is 4.98 Å². The molecule has 0 unspecified atom stereocenters. The molecule has 0 aliphatic rings. The van der Waals surface area contributed by atoms with Gasteiger partial charge >= 0.3 is 5.97 Å². The Balaban J connectivity index is 2.61. The molecule has 100 valence electrons. The number of ether oxygens (including phenoxy) is 1. The van der Waals surface area contributed by atoms with Crippen molar-refractivity contribution >= 4 is 17.3 Å². The number of aromatic carboxylic acids is 1. The summed E-state index contributed by atoms with van der Waals surface area (Å²) in [5.74, 6) is -1.82. The highest BCUT2D eigenvalue weighted by atomic mass is 32.1. The van der Waals surface area contributed by atoms with Gasteiger partial charge in [0.25, 0.3) is 0 Å². The number of carbonyl (C=O) groups is 1. The van der Waals surface area contributed by atoms with Crippen LogP contribution >= 0.6 is 11.3 Å². The predicted molar refractivity (Wildman–Crippen MR) is 70.4 cm³/mol. The lowest BCUT2D eigenvalue weighted by atomic mass is 10.1. The van der Waals surface area contributed by atoms with E-state index in [1.54, 1.807) is 6.20 Å². The van der Waals surface area contributed by atoms with Gasteiger partial charge in [0.1, 0.15) is 16.6 Å². The van der Waals surface area contributed by atoms with E-state index in [2.05, 4.69) is 4.98 Å². The molecule has 1 heterocycles. The molecule has 0 atom stereocenters. The standard InChI is InChI=1S/C13H12FNO3S/c1-3-8-6-15-12(19-8)9-4-7(18-2)5-10(11(9)14)13(16)17/h4-6H,3H2,1-2H3,(H,16,17). The van der Waals surface area contributed by atoms with Crippen molar-refractivity contribution in [3.05, 3.63) is 34.6 Å². The summed E-state index contributed by atoms with van der Waals surface area (Å²) in [4.78, 5) is 16.2. The van der Waals surface area contributed by atoms with E-state index in [0.717, 1.165) is 17.4 Å². The van der Waals surface area contributed by atoms with E-state index in [4.69, 9.17) is 9.84 Å². The number of nitrogens with zero attached hydrogens (tertiary/aromatic N) is 1. The number of carboxylic acid groups (broad SMARTS) is 1. The second-order valence-electron chi connectivity index (χ2n) is 3.83. The van der Waals surface area contributed by atoms with E-state index in [1.807, 2.05) is 6.92 Å². The van der Waals surface area contributed by atoms with Crippen molar-refractivity contribution in [2.45, 2.75) is 13.3 Å². The number of methoxy groups -OCH3 is 1. The number of halogens is 1. The van der Waals surface area contributed by atoms with Crippen LogP contribution in [0.5, 0.6) is 5.75 Å². The first-order valence-corrected chi connectivity index (χ1v) is 6.44. The van der Waals surface area contributed by atoms with Crippen LogP contribution in [0.4, 0.5) is 4.39 Å². The van der Waals surface area contributed by atoms with Crippen LogP contribution in [-0.4, -0.2) is 23.2 Å². The topological polar surface area (TPSA) is 59.4 Å². The molecule has 0 saturated carbocycles. The van der Waals surface area contributed by atoms with Gasteiger partial charge in [-0.05, 0) is 18.6 Å². The smallest absolute Gasteiger partial charge is 0.338 e. The number of aryl methyl sites for hydroxylation is 1. The Labute approximate surface area is 113 Å². The third-order valence-electron chi connectivity index (χ3n) is 2.64. The number of hydrogen-bond acceptors (Lipinski definition) is 4. The molecule has 2 aromatic rings. The third kappa shape index (κ3) is 2.58. The maximum atomic E-state index is 14.2. The molecule has 0 spiro atoms. The number of thiazole rings is 1. The van der Waals surface area contributed by atoms with Crippen LogP contribution in [-0.2, 0) is 6.42 Å². The molecule has 0 aliphatic carbocycles. The van der Waals surface area contributed by atoms with Crippen LogP contribution in [0.1, 0.15) is 22.2 Å². The van der Waals surface area contributed by atoms with Crippen LogP contribution in [0.3, 0.4) is 0 Å². The molecular formula is C13H12FNO3S. The molecular weight excluding hydrogens is 269 g/mol. The fourth-order valence-corrected chi connectivity index (χ4v) is 2.48. The van der Waals surface area contributed by atoms with E-state index < -0.39 is 17.3 Å². The highest BCUT2D eigenvalue weighted by Crippen LogP contribution is 2.32. The number of rotatable bonds is 4. The zero-order valence-electron chi connectivity index (χ0n) is 10.4. The van der Waals surface area contributed by atoms with E-state index in [-0.39, 0.29) is 5.56 Å². The Morgan fingerprint density at radius 1 is 1.53 bits per heavy atom. The average molecular weight is 281 g/mol. The molecule has 6 heteroatoms. The SMILES string of the molecule is CCc1cnc(-c2cc(OC)cc(C(=O)O)c2F)s1. The first-order chi connectivity index (χ1) is 9.06. The lowest BCUT2D eigenvalue weighted by Gasteiger charge is -2.07. The maximum absolute atomic E-state index is 14.2. The number of benzene rings is 1. The van der Waals surface area contributed by atoms with Gasteiger partial charge in [0.15, 0.2) is 0 Å². The van der Waals surface area contributed by atoms with Gasteiger partial charge < -0.3 is 9.84 Å². The molecule has 0 aliphatic heterocycles. The summed E-state index contributed by atoms with van der Waals surface area (Å²) in [6, 6.07) is 2.62. The van der Waals surface area contributed by atoms with Gasteiger partial charge in [0.2, 0.25) is 0 Å². The van der Waals surface area contributed by atoms with Gasteiger partial charge in [-0.25, -0.2) is 14.2 Å². The highest BCUT2D eigenvalue weighted by molar-refractivity contribution is 7.15. The molecule has 1 aromatic heterocycles. The van der Waals surface area contributed by atoms with Gasteiger partial charge in [0.05, 0.1) is 18.2 Å². The van der Waals surface area contributed by atoms with Crippen molar-refractivity contribution in [2.75, 3.05) is 7.11 Å². The Hall–Kier alpha value is -1.95. The summed E-state index contributed by atoms with van der Waals surface area (Å²) in [6.45, 7) is 1.97. The summed E-state index contributed by atoms with van der Waals surface area (Å²) in [7, 11) is 1.40. The van der Waals surface area contributed by atoms with Gasteiger partial charge in [-0.1, -0.05) is 6.92 Å². The predicted octanol–water partition coefficient (Wildman–Crippen LogP) is 3.22. The van der Waals surface area contributed by atoms with Crippen molar-refractivity contribution < 1.29 is 19.0 Å². The fourth-order valence-electron chi connectivity index (χ4n) is 1.62. The molecule has 4 nitrogen and oxygen atoms in total.